The Morgan fingerprint density at radius 2 is 0.947 bits per heavy atom. The third kappa shape index (κ3) is 1.64. The van der Waals surface area contributed by atoms with Crippen LogP contribution in [0.15, 0.2) is 11.1 Å². The van der Waals surface area contributed by atoms with Crippen molar-refractivity contribution in [3.05, 3.63) is 11.1 Å². The van der Waals surface area contributed by atoms with Crippen molar-refractivity contribution in [1.29, 1.82) is 0 Å². The second-order valence-corrected chi connectivity index (χ2v) is 9.75. The summed E-state index contributed by atoms with van der Waals surface area (Å²) in [7, 11) is 0. The van der Waals surface area contributed by atoms with Gasteiger partial charge in [-0.1, -0.05) is 80.4 Å². The predicted molar refractivity (Wildman–Crippen MR) is 87.3 cm³/mol. The average Bonchev–Trinajstić information content (AvgIpc) is 2.20. The van der Waals surface area contributed by atoms with E-state index in [1.165, 1.54) is 0 Å². The Balaban J connectivity index is 3.87. The lowest BCUT2D eigenvalue weighted by atomic mass is 9.41. The second-order valence-electron chi connectivity index (χ2n) is 9.75. The summed E-state index contributed by atoms with van der Waals surface area (Å²) in [5.74, 6) is 0. The van der Waals surface area contributed by atoms with E-state index in [4.69, 9.17) is 0 Å². The van der Waals surface area contributed by atoms with Crippen molar-refractivity contribution >= 4 is 0 Å². The van der Waals surface area contributed by atoms with Gasteiger partial charge in [-0.15, -0.1) is 0 Å². The van der Waals surface area contributed by atoms with Crippen LogP contribution in [-0.4, -0.2) is 0 Å². The van der Waals surface area contributed by atoms with Gasteiger partial charge in [0.25, 0.3) is 0 Å². The van der Waals surface area contributed by atoms with Crippen LogP contribution in [0.4, 0.5) is 0 Å². The summed E-state index contributed by atoms with van der Waals surface area (Å²) < 4.78 is 0. The van der Waals surface area contributed by atoms with Crippen LogP contribution in [0, 0.1) is 27.1 Å². The van der Waals surface area contributed by atoms with Crippen LogP contribution in [-0.2, 0) is 0 Å². The van der Waals surface area contributed by atoms with E-state index >= 15 is 0 Å². The molecule has 0 radical (unpaired) electrons. The molecule has 0 saturated carbocycles. The fourth-order valence-electron chi connectivity index (χ4n) is 6.28. The van der Waals surface area contributed by atoms with Gasteiger partial charge in [0.1, 0.15) is 0 Å². The number of rotatable bonds is 0. The second kappa shape index (κ2) is 3.89. The summed E-state index contributed by atoms with van der Waals surface area (Å²) in [6.45, 7) is 29.2. The van der Waals surface area contributed by atoms with Gasteiger partial charge >= 0.3 is 0 Å². The normalized spacial score (nSPS) is 25.9. The molecule has 19 heavy (non-hydrogen) atoms. The van der Waals surface area contributed by atoms with Crippen molar-refractivity contribution in [2.45, 2.75) is 83.1 Å². The largest absolute Gasteiger partial charge is 0.0676 e. The first-order valence-corrected chi connectivity index (χ1v) is 7.75. The highest BCUT2D eigenvalue weighted by atomic mass is 14.7. The van der Waals surface area contributed by atoms with E-state index in [2.05, 4.69) is 83.1 Å². The predicted octanol–water partition coefficient (Wildman–Crippen LogP) is 6.47. The Labute approximate surface area is 122 Å². The SMILES string of the molecule is CC1=C(C)C(C(C)(C)C)(C(C)(C)C)C(C)(C)C1(C)C. The molecule has 0 spiro atoms. The Bertz CT molecular complexity index is 388. The van der Waals surface area contributed by atoms with Gasteiger partial charge in [-0.3, -0.25) is 0 Å². The fourth-order valence-corrected chi connectivity index (χ4v) is 6.28. The lowest BCUT2D eigenvalue weighted by molar-refractivity contribution is -0.121. The molecule has 0 N–H and O–H groups in total. The highest BCUT2D eigenvalue weighted by Gasteiger charge is 2.68. The van der Waals surface area contributed by atoms with Gasteiger partial charge < -0.3 is 0 Å². The summed E-state index contributed by atoms with van der Waals surface area (Å²) in [5, 5.41) is 0. The van der Waals surface area contributed by atoms with Crippen LogP contribution in [0.3, 0.4) is 0 Å². The van der Waals surface area contributed by atoms with E-state index < -0.39 is 0 Å². The molecule has 0 aromatic rings. The number of allylic oxidation sites excluding steroid dienone is 2. The lowest BCUT2D eigenvalue weighted by Crippen LogP contribution is -2.57. The van der Waals surface area contributed by atoms with Crippen molar-refractivity contribution < 1.29 is 0 Å². The molecule has 0 aliphatic heterocycles. The smallest absolute Gasteiger partial charge is 0.00680 e. The Kier molecular flexibility index (Phi) is 3.44. The van der Waals surface area contributed by atoms with Crippen LogP contribution in [0.2, 0.25) is 0 Å². The maximum atomic E-state index is 2.49. The molecule has 1 aliphatic rings. The minimum Gasteiger partial charge on any atom is -0.0676 e. The van der Waals surface area contributed by atoms with Gasteiger partial charge in [-0.05, 0) is 35.5 Å². The molecule has 1 rings (SSSR count). The Morgan fingerprint density at radius 1 is 0.632 bits per heavy atom. The zero-order chi connectivity index (χ0) is 15.7. The molecular formula is C19H36. The molecule has 0 aromatic carbocycles. The Morgan fingerprint density at radius 3 is 1.05 bits per heavy atom. The van der Waals surface area contributed by atoms with Crippen molar-refractivity contribution in [2.75, 3.05) is 0 Å². The van der Waals surface area contributed by atoms with Crippen molar-refractivity contribution in [3.8, 4) is 0 Å². The quantitative estimate of drug-likeness (QED) is 0.440. The summed E-state index contributed by atoms with van der Waals surface area (Å²) in [6.07, 6.45) is 0. The third-order valence-corrected chi connectivity index (χ3v) is 6.81. The van der Waals surface area contributed by atoms with Gasteiger partial charge in [0.2, 0.25) is 0 Å². The maximum absolute atomic E-state index is 2.49. The molecule has 0 heterocycles. The van der Waals surface area contributed by atoms with Crippen molar-refractivity contribution in [1.82, 2.24) is 0 Å². The molecule has 0 saturated heterocycles. The van der Waals surface area contributed by atoms with E-state index in [0.29, 0.717) is 0 Å². The molecule has 0 aromatic heterocycles. The van der Waals surface area contributed by atoms with Gasteiger partial charge in [0.15, 0.2) is 0 Å². The van der Waals surface area contributed by atoms with E-state index in [-0.39, 0.29) is 27.1 Å². The Hall–Kier alpha value is -0.260. The van der Waals surface area contributed by atoms with E-state index in [0.717, 1.165) is 0 Å². The van der Waals surface area contributed by atoms with Crippen LogP contribution in [0.5, 0.6) is 0 Å². The van der Waals surface area contributed by atoms with Crippen molar-refractivity contribution in [3.63, 3.8) is 0 Å². The zero-order valence-corrected chi connectivity index (χ0v) is 15.5. The standard InChI is InChI=1S/C19H36/c1-13-14(2)19(15(3,4)5,16(6,7)8)18(11,12)17(13,9)10/h1-12H3. The molecule has 0 unspecified atom stereocenters. The van der Waals surface area contributed by atoms with Gasteiger partial charge in [0.05, 0.1) is 0 Å². The number of hydrogen-bond donors (Lipinski definition) is 0. The summed E-state index contributed by atoms with van der Waals surface area (Å²) >= 11 is 0. The van der Waals surface area contributed by atoms with Crippen molar-refractivity contribution in [2.24, 2.45) is 27.1 Å². The molecule has 0 heteroatoms. The molecule has 0 fully saturated rings. The third-order valence-electron chi connectivity index (χ3n) is 6.81. The van der Waals surface area contributed by atoms with Crippen LogP contribution in [0.1, 0.15) is 83.1 Å². The molecule has 0 nitrogen and oxygen atoms in total. The zero-order valence-electron chi connectivity index (χ0n) is 15.5. The molecular weight excluding hydrogens is 228 g/mol. The van der Waals surface area contributed by atoms with Gasteiger partial charge in [-0.25, -0.2) is 0 Å². The highest BCUT2D eigenvalue weighted by Crippen LogP contribution is 2.75. The fraction of sp³-hybridized carbons (Fsp3) is 0.895. The van der Waals surface area contributed by atoms with Crippen LogP contribution in [0.25, 0.3) is 0 Å². The number of hydrogen-bond acceptors (Lipinski definition) is 0. The van der Waals surface area contributed by atoms with Crippen LogP contribution < -0.4 is 0 Å². The minimum absolute atomic E-state index is 0.209. The summed E-state index contributed by atoms with van der Waals surface area (Å²) in [4.78, 5) is 0. The van der Waals surface area contributed by atoms with E-state index in [1.807, 2.05) is 0 Å². The lowest BCUT2D eigenvalue weighted by Gasteiger charge is -2.63. The first kappa shape index (κ1) is 16.8. The first-order chi connectivity index (χ1) is 8.07. The maximum Gasteiger partial charge on any atom is 0.00680 e. The molecule has 112 valence electrons. The molecule has 0 bridgehead atoms. The van der Waals surface area contributed by atoms with Crippen LogP contribution >= 0.6 is 0 Å². The summed E-state index contributed by atoms with van der Waals surface area (Å²) in [6, 6.07) is 0. The summed E-state index contributed by atoms with van der Waals surface area (Å²) in [5.41, 5.74) is 4.41. The molecule has 0 atom stereocenters. The van der Waals surface area contributed by atoms with Gasteiger partial charge in [-0.2, -0.15) is 0 Å². The molecule has 0 amide bonds. The van der Waals surface area contributed by atoms with E-state index in [9.17, 15) is 0 Å². The van der Waals surface area contributed by atoms with Gasteiger partial charge in [0, 0.05) is 5.41 Å². The minimum atomic E-state index is 0.209. The topological polar surface area (TPSA) is 0 Å². The highest BCUT2D eigenvalue weighted by molar-refractivity contribution is 5.41. The molecule has 1 aliphatic carbocycles. The monoisotopic (exact) mass is 264 g/mol. The average molecular weight is 264 g/mol. The first-order valence-electron chi connectivity index (χ1n) is 7.75. The van der Waals surface area contributed by atoms with E-state index in [1.54, 1.807) is 11.1 Å².